The lowest BCUT2D eigenvalue weighted by Gasteiger charge is -2.05. The van der Waals surface area contributed by atoms with Gasteiger partial charge in [0.2, 0.25) is 0 Å². The lowest BCUT2D eigenvalue weighted by Crippen LogP contribution is -1.95. The minimum atomic E-state index is 0.337. The van der Waals surface area contributed by atoms with Gasteiger partial charge in [-0.25, -0.2) is 0 Å². The molecule has 0 radical (unpaired) electrons. The maximum Gasteiger partial charge on any atom is 0.0431 e. The van der Waals surface area contributed by atoms with E-state index in [2.05, 4.69) is 19.6 Å². The molecule has 0 spiro atoms. The van der Waals surface area contributed by atoms with Gasteiger partial charge in [0.05, 0.1) is 0 Å². The van der Waals surface area contributed by atoms with Gasteiger partial charge in [0.15, 0.2) is 0 Å². The lowest BCUT2D eigenvalue weighted by atomic mass is 10.1. The second-order valence-electron chi connectivity index (χ2n) is 2.64. The zero-order valence-corrected chi connectivity index (χ0v) is 7.61. The molecule has 1 N–H and O–H groups in total. The van der Waals surface area contributed by atoms with E-state index < -0.39 is 0 Å². The van der Waals surface area contributed by atoms with Crippen molar-refractivity contribution in [2.45, 2.75) is 44.3 Å². The third kappa shape index (κ3) is 6.43. The Bertz CT molecular complexity index is 66.3. The van der Waals surface area contributed by atoms with Crippen molar-refractivity contribution in [1.29, 1.82) is 0 Å². The average molecular weight is 162 g/mol. The second kappa shape index (κ2) is 7.42. The molecule has 0 aromatic carbocycles. The molecule has 0 aliphatic heterocycles. The summed E-state index contributed by atoms with van der Waals surface area (Å²) in [6.07, 6.45) is 5.65. The van der Waals surface area contributed by atoms with Gasteiger partial charge in [-0.3, -0.25) is 0 Å². The Labute approximate surface area is 69.2 Å². The van der Waals surface area contributed by atoms with Crippen molar-refractivity contribution in [3.05, 3.63) is 0 Å². The van der Waals surface area contributed by atoms with Gasteiger partial charge in [-0.15, -0.1) is 0 Å². The van der Waals surface area contributed by atoms with Crippen LogP contribution in [0.15, 0.2) is 0 Å². The summed E-state index contributed by atoms with van der Waals surface area (Å²) in [5.74, 6) is 0. The van der Waals surface area contributed by atoms with E-state index in [0.29, 0.717) is 11.9 Å². The smallest absolute Gasteiger partial charge is 0.0431 e. The average Bonchev–Trinajstić information content (AvgIpc) is 1.98. The molecule has 0 heterocycles. The van der Waals surface area contributed by atoms with Crippen LogP contribution in [0.1, 0.15) is 39.0 Å². The summed E-state index contributed by atoms with van der Waals surface area (Å²) in [7, 11) is 0. The normalized spacial score (nSPS) is 13.5. The minimum Gasteiger partial charge on any atom is -0.396 e. The Kier molecular flexibility index (Phi) is 7.65. The Morgan fingerprint density at radius 3 is 2.50 bits per heavy atom. The van der Waals surface area contributed by atoms with Crippen molar-refractivity contribution < 1.29 is 5.11 Å². The van der Waals surface area contributed by atoms with Crippen molar-refractivity contribution in [2.24, 2.45) is 0 Å². The van der Waals surface area contributed by atoms with Gasteiger partial charge in [0, 0.05) is 11.9 Å². The predicted octanol–water partition coefficient (Wildman–Crippen LogP) is 2.25. The van der Waals surface area contributed by atoms with Gasteiger partial charge < -0.3 is 5.11 Å². The molecular weight excluding hydrogens is 144 g/mol. The highest BCUT2D eigenvalue weighted by molar-refractivity contribution is 7.80. The summed E-state index contributed by atoms with van der Waals surface area (Å²) in [5, 5.41) is 9.04. The molecule has 62 valence electrons. The Hall–Kier alpha value is 0.310. The summed E-state index contributed by atoms with van der Waals surface area (Å²) in [4.78, 5) is 0. The molecule has 0 saturated heterocycles. The third-order valence-corrected chi connectivity index (χ3v) is 2.29. The van der Waals surface area contributed by atoms with E-state index >= 15 is 0 Å². The number of rotatable bonds is 6. The number of thiol groups is 1. The predicted molar refractivity (Wildman–Crippen MR) is 48.6 cm³/mol. The third-order valence-electron chi connectivity index (χ3n) is 1.67. The molecule has 0 aromatic rings. The van der Waals surface area contributed by atoms with E-state index in [-0.39, 0.29) is 0 Å². The van der Waals surface area contributed by atoms with Crippen LogP contribution in [-0.4, -0.2) is 17.0 Å². The van der Waals surface area contributed by atoms with Crippen LogP contribution < -0.4 is 0 Å². The fourth-order valence-corrected chi connectivity index (χ4v) is 1.06. The highest BCUT2D eigenvalue weighted by atomic mass is 32.1. The van der Waals surface area contributed by atoms with Gasteiger partial charge in [-0.1, -0.05) is 19.8 Å². The maximum absolute atomic E-state index is 8.47. The Morgan fingerprint density at radius 1 is 1.30 bits per heavy atom. The van der Waals surface area contributed by atoms with Crippen LogP contribution in [-0.2, 0) is 0 Å². The summed E-state index contributed by atoms with van der Waals surface area (Å²) < 4.78 is 0. The summed E-state index contributed by atoms with van der Waals surface area (Å²) in [6, 6.07) is 0. The fraction of sp³-hybridized carbons (Fsp3) is 1.00. The highest BCUT2D eigenvalue weighted by Gasteiger charge is 1.97. The standard InChI is InChI=1S/C8H18OS/c1-2-8(10)6-4-3-5-7-9/h8-10H,2-7H2,1H3. The van der Waals surface area contributed by atoms with E-state index in [9.17, 15) is 0 Å². The highest BCUT2D eigenvalue weighted by Crippen LogP contribution is 2.10. The zero-order valence-electron chi connectivity index (χ0n) is 6.71. The minimum absolute atomic E-state index is 0.337. The summed E-state index contributed by atoms with van der Waals surface area (Å²) in [5.41, 5.74) is 0. The first-order chi connectivity index (χ1) is 4.81. The molecule has 1 atom stereocenters. The molecule has 1 nitrogen and oxygen atoms in total. The monoisotopic (exact) mass is 162 g/mol. The molecule has 0 aromatic heterocycles. The quantitative estimate of drug-likeness (QED) is 0.453. The van der Waals surface area contributed by atoms with Crippen LogP contribution in [0.3, 0.4) is 0 Å². The fourth-order valence-electron chi connectivity index (χ4n) is 0.873. The number of aliphatic hydroxyl groups excluding tert-OH is 1. The van der Waals surface area contributed by atoms with Crippen molar-refractivity contribution in [1.82, 2.24) is 0 Å². The van der Waals surface area contributed by atoms with Gasteiger partial charge in [-0.05, 0) is 19.3 Å². The van der Waals surface area contributed by atoms with Gasteiger partial charge >= 0.3 is 0 Å². The van der Waals surface area contributed by atoms with Gasteiger partial charge in [0.25, 0.3) is 0 Å². The van der Waals surface area contributed by atoms with E-state index in [0.717, 1.165) is 19.3 Å². The molecule has 0 rings (SSSR count). The van der Waals surface area contributed by atoms with Crippen molar-refractivity contribution in [3.8, 4) is 0 Å². The number of aliphatic hydroxyl groups is 1. The van der Waals surface area contributed by atoms with Crippen molar-refractivity contribution >= 4 is 12.6 Å². The van der Waals surface area contributed by atoms with Crippen LogP contribution in [0.2, 0.25) is 0 Å². The van der Waals surface area contributed by atoms with Crippen molar-refractivity contribution in [2.75, 3.05) is 6.61 Å². The van der Waals surface area contributed by atoms with Crippen LogP contribution in [0.5, 0.6) is 0 Å². The summed E-state index contributed by atoms with van der Waals surface area (Å²) >= 11 is 4.37. The first kappa shape index (κ1) is 10.3. The molecule has 0 aliphatic rings. The Balaban J connectivity index is 2.89. The Morgan fingerprint density at radius 2 is 2.00 bits per heavy atom. The molecule has 1 unspecified atom stereocenters. The largest absolute Gasteiger partial charge is 0.396 e. The molecule has 0 bridgehead atoms. The number of hydrogen-bond donors (Lipinski definition) is 2. The van der Waals surface area contributed by atoms with E-state index in [1.54, 1.807) is 0 Å². The topological polar surface area (TPSA) is 20.2 Å². The van der Waals surface area contributed by atoms with Crippen LogP contribution in [0.4, 0.5) is 0 Å². The van der Waals surface area contributed by atoms with Crippen molar-refractivity contribution in [3.63, 3.8) is 0 Å². The SMILES string of the molecule is CCC(S)CCCCCO. The van der Waals surface area contributed by atoms with Gasteiger partial charge in [-0.2, -0.15) is 12.6 Å². The molecule has 10 heavy (non-hydrogen) atoms. The first-order valence-electron chi connectivity index (χ1n) is 4.10. The van der Waals surface area contributed by atoms with Crippen LogP contribution in [0.25, 0.3) is 0 Å². The zero-order chi connectivity index (χ0) is 7.82. The van der Waals surface area contributed by atoms with Crippen LogP contribution in [0, 0.1) is 0 Å². The summed E-state index contributed by atoms with van der Waals surface area (Å²) in [6.45, 7) is 2.49. The van der Waals surface area contributed by atoms with E-state index in [1.165, 1.54) is 12.8 Å². The molecular formula is C8H18OS. The molecule has 0 amide bonds. The second-order valence-corrected chi connectivity index (χ2v) is 3.37. The lowest BCUT2D eigenvalue weighted by molar-refractivity contribution is 0.282. The van der Waals surface area contributed by atoms with Gasteiger partial charge in [0.1, 0.15) is 0 Å². The molecule has 2 heteroatoms. The van der Waals surface area contributed by atoms with E-state index in [1.807, 2.05) is 0 Å². The number of hydrogen-bond acceptors (Lipinski definition) is 2. The molecule has 0 aliphatic carbocycles. The van der Waals surface area contributed by atoms with E-state index in [4.69, 9.17) is 5.11 Å². The van der Waals surface area contributed by atoms with Crippen LogP contribution >= 0.6 is 12.6 Å². The molecule has 0 fully saturated rings. The number of unbranched alkanes of at least 4 members (excludes halogenated alkanes) is 2. The first-order valence-corrected chi connectivity index (χ1v) is 4.61. The maximum atomic E-state index is 8.47. The molecule has 0 saturated carbocycles.